The van der Waals surface area contributed by atoms with Gasteiger partial charge in [0.2, 0.25) is 0 Å². The molecule has 106 valence electrons. The summed E-state index contributed by atoms with van der Waals surface area (Å²) in [5, 5.41) is 3.46. The van der Waals surface area contributed by atoms with Gasteiger partial charge in [0.25, 0.3) is 0 Å². The Kier molecular flexibility index (Phi) is 5.48. The molecule has 1 saturated heterocycles. The van der Waals surface area contributed by atoms with Crippen LogP contribution in [0.15, 0.2) is 24.3 Å². The fraction of sp³-hybridized carbons (Fsp3) is 0.600. The summed E-state index contributed by atoms with van der Waals surface area (Å²) in [6.07, 6.45) is 0. The normalized spacial score (nSPS) is 17.4. The van der Waals surface area contributed by atoms with Crippen LogP contribution in [0.2, 0.25) is 0 Å². The minimum absolute atomic E-state index is 0.904. The maximum atomic E-state index is 5.15. The molecular weight excluding hydrogens is 238 g/mol. The van der Waals surface area contributed by atoms with Crippen LogP contribution < -0.4 is 10.1 Å². The molecule has 4 heteroatoms. The maximum Gasteiger partial charge on any atom is 0.119 e. The Balaban J connectivity index is 1.66. The SMILES string of the molecule is CCN1CCN(CCNc2ccc(OC)cc2)CC1. The lowest BCUT2D eigenvalue weighted by Gasteiger charge is -2.34. The van der Waals surface area contributed by atoms with E-state index < -0.39 is 0 Å². The largest absolute Gasteiger partial charge is 0.497 e. The number of methoxy groups -OCH3 is 1. The molecule has 0 atom stereocenters. The summed E-state index contributed by atoms with van der Waals surface area (Å²) >= 11 is 0. The van der Waals surface area contributed by atoms with E-state index in [1.807, 2.05) is 12.1 Å². The number of benzene rings is 1. The topological polar surface area (TPSA) is 27.7 Å². The first-order valence-corrected chi connectivity index (χ1v) is 7.14. The van der Waals surface area contributed by atoms with Gasteiger partial charge in [0.05, 0.1) is 7.11 Å². The average Bonchev–Trinajstić information content (AvgIpc) is 2.49. The Morgan fingerprint density at radius 2 is 1.68 bits per heavy atom. The zero-order chi connectivity index (χ0) is 13.5. The summed E-state index contributed by atoms with van der Waals surface area (Å²) in [5.74, 6) is 0.904. The van der Waals surface area contributed by atoms with Crippen molar-refractivity contribution < 1.29 is 4.74 Å². The van der Waals surface area contributed by atoms with E-state index >= 15 is 0 Å². The van der Waals surface area contributed by atoms with E-state index in [0.717, 1.165) is 24.5 Å². The molecule has 1 aliphatic rings. The van der Waals surface area contributed by atoms with Gasteiger partial charge in [-0.3, -0.25) is 4.90 Å². The molecule has 0 bridgehead atoms. The Morgan fingerprint density at radius 1 is 1.05 bits per heavy atom. The van der Waals surface area contributed by atoms with Crippen molar-refractivity contribution in [2.45, 2.75) is 6.92 Å². The molecule has 1 aliphatic heterocycles. The van der Waals surface area contributed by atoms with Crippen LogP contribution >= 0.6 is 0 Å². The molecule has 0 amide bonds. The molecule has 1 N–H and O–H groups in total. The molecule has 1 aromatic rings. The third-order valence-electron chi connectivity index (χ3n) is 3.76. The van der Waals surface area contributed by atoms with Gasteiger partial charge < -0.3 is 15.0 Å². The summed E-state index contributed by atoms with van der Waals surface area (Å²) in [6.45, 7) is 10.3. The number of nitrogens with zero attached hydrogens (tertiary/aromatic N) is 2. The number of hydrogen-bond donors (Lipinski definition) is 1. The Bertz CT molecular complexity index is 358. The molecule has 4 nitrogen and oxygen atoms in total. The Morgan fingerprint density at radius 3 is 2.26 bits per heavy atom. The first-order valence-electron chi connectivity index (χ1n) is 7.14. The lowest BCUT2D eigenvalue weighted by molar-refractivity contribution is 0.141. The number of nitrogens with one attached hydrogen (secondary N) is 1. The molecule has 0 unspecified atom stereocenters. The van der Waals surface area contributed by atoms with Gasteiger partial charge in [-0.25, -0.2) is 0 Å². The van der Waals surface area contributed by atoms with Crippen molar-refractivity contribution >= 4 is 5.69 Å². The van der Waals surface area contributed by atoms with Crippen LogP contribution in [0.3, 0.4) is 0 Å². The predicted molar refractivity (Wildman–Crippen MR) is 80.0 cm³/mol. The van der Waals surface area contributed by atoms with Crippen LogP contribution in [0, 0.1) is 0 Å². The van der Waals surface area contributed by atoms with Gasteiger partial charge >= 0.3 is 0 Å². The zero-order valence-corrected chi connectivity index (χ0v) is 12.1. The van der Waals surface area contributed by atoms with Crippen LogP contribution in [0.1, 0.15) is 6.92 Å². The van der Waals surface area contributed by atoms with Gasteiger partial charge in [0.1, 0.15) is 5.75 Å². The lowest BCUT2D eigenvalue weighted by atomic mass is 10.3. The number of piperazine rings is 1. The molecule has 19 heavy (non-hydrogen) atoms. The van der Waals surface area contributed by atoms with Crippen molar-refractivity contribution in [1.82, 2.24) is 9.80 Å². The van der Waals surface area contributed by atoms with Crippen LogP contribution in [0.5, 0.6) is 5.75 Å². The molecule has 1 aromatic carbocycles. The van der Waals surface area contributed by atoms with Crippen LogP contribution in [-0.4, -0.2) is 62.7 Å². The summed E-state index contributed by atoms with van der Waals surface area (Å²) in [4.78, 5) is 5.04. The van der Waals surface area contributed by atoms with Crippen molar-refractivity contribution in [2.24, 2.45) is 0 Å². The molecule has 0 spiro atoms. The Labute approximate surface area is 116 Å². The number of likely N-dealkylation sites (N-methyl/N-ethyl adjacent to an activating group) is 1. The van der Waals surface area contributed by atoms with Gasteiger partial charge in [-0.05, 0) is 30.8 Å². The number of anilines is 1. The second-order valence-corrected chi connectivity index (χ2v) is 4.93. The predicted octanol–water partition coefficient (Wildman–Crippen LogP) is 1.74. The highest BCUT2D eigenvalue weighted by atomic mass is 16.5. The van der Waals surface area contributed by atoms with E-state index in [1.165, 1.54) is 32.7 Å². The van der Waals surface area contributed by atoms with Gasteiger partial charge in [-0.1, -0.05) is 6.92 Å². The van der Waals surface area contributed by atoms with Crippen molar-refractivity contribution in [3.8, 4) is 5.75 Å². The van der Waals surface area contributed by atoms with E-state index in [1.54, 1.807) is 7.11 Å². The highest BCUT2D eigenvalue weighted by Crippen LogP contribution is 2.14. The number of ether oxygens (including phenoxy) is 1. The summed E-state index contributed by atoms with van der Waals surface area (Å²) in [7, 11) is 1.69. The van der Waals surface area contributed by atoms with Crippen molar-refractivity contribution in [3.63, 3.8) is 0 Å². The first kappa shape index (κ1) is 14.2. The Hall–Kier alpha value is -1.26. The van der Waals surface area contributed by atoms with Crippen molar-refractivity contribution in [1.29, 1.82) is 0 Å². The van der Waals surface area contributed by atoms with Gasteiger partial charge in [-0.2, -0.15) is 0 Å². The molecule has 0 aliphatic carbocycles. The molecule has 1 fully saturated rings. The second-order valence-electron chi connectivity index (χ2n) is 4.93. The number of rotatable bonds is 6. The third kappa shape index (κ3) is 4.40. The molecule has 0 saturated carbocycles. The van der Waals surface area contributed by atoms with E-state index in [4.69, 9.17) is 4.74 Å². The fourth-order valence-electron chi connectivity index (χ4n) is 2.40. The van der Waals surface area contributed by atoms with Crippen LogP contribution in [0.4, 0.5) is 5.69 Å². The smallest absolute Gasteiger partial charge is 0.119 e. The molecule has 1 heterocycles. The number of hydrogen-bond acceptors (Lipinski definition) is 4. The molecule has 0 radical (unpaired) electrons. The monoisotopic (exact) mass is 263 g/mol. The maximum absolute atomic E-state index is 5.15. The summed E-state index contributed by atoms with van der Waals surface area (Å²) < 4.78 is 5.15. The summed E-state index contributed by atoms with van der Waals surface area (Å²) in [5.41, 5.74) is 1.16. The van der Waals surface area contributed by atoms with E-state index in [2.05, 4.69) is 34.2 Å². The van der Waals surface area contributed by atoms with Crippen LogP contribution in [0.25, 0.3) is 0 Å². The molecule has 0 aromatic heterocycles. The van der Waals surface area contributed by atoms with Crippen molar-refractivity contribution in [2.75, 3.05) is 58.2 Å². The third-order valence-corrected chi connectivity index (χ3v) is 3.76. The average molecular weight is 263 g/mol. The van der Waals surface area contributed by atoms with E-state index in [0.29, 0.717) is 0 Å². The highest BCUT2D eigenvalue weighted by Gasteiger charge is 2.14. The second kappa shape index (κ2) is 7.36. The van der Waals surface area contributed by atoms with Gasteiger partial charge in [0, 0.05) is 45.0 Å². The minimum Gasteiger partial charge on any atom is -0.497 e. The lowest BCUT2D eigenvalue weighted by Crippen LogP contribution is -2.47. The first-order chi connectivity index (χ1) is 9.31. The van der Waals surface area contributed by atoms with Gasteiger partial charge in [-0.15, -0.1) is 0 Å². The molecule has 2 rings (SSSR count). The van der Waals surface area contributed by atoms with Crippen LogP contribution in [-0.2, 0) is 0 Å². The van der Waals surface area contributed by atoms with Crippen molar-refractivity contribution in [3.05, 3.63) is 24.3 Å². The minimum atomic E-state index is 0.904. The summed E-state index contributed by atoms with van der Waals surface area (Å²) in [6, 6.07) is 8.10. The van der Waals surface area contributed by atoms with E-state index in [9.17, 15) is 0 Å². The standard InChI is InChI=1S/C15H25N3O/c1-3-17-10-12-18(13-11-17)9-8-16-14-4-6-15(19-2)7-5-14/h4-7,16H,3,8-13H2,1-2H3. The quantitative estimate of drug-likeness (QED) is 0.846. The molecular formula is C15H25N3O. The highest BCUT2D eigenvalue weighted by molar-refractivity contribution is 5.46. The fourth-order valence-corrected chi connectivity index (χ4v) is 2.40. The zero-order valence-electron chi connectivity index (χ0n) is 12.1. The van der Waals surface area contributed by atoms with Gasteiger partial charge in [0.15, 0.2) is 0 Å². The van der Waals surface area contributed by atoms with E-state index in [-0.39, 0.29) is 0 Å².